The van der Waals surface area contributed by atoms with Crippen molar-refractivity contribution in [3.05, 3.63) is 17.5 Å². The zero-order chi connectivity index (χ0) is 12.0. The van der Waals surface area contributed by atoms with Crippen LogP contribution in [0, 0.1) is 6.92 Å². The molecule has 0 fully saturated rings. The number of hydrogen-bond acceptors (Lipinski definition) is 2. The average Bonchev–Trinajstić information content (AvgIpc) is 2.54. The van der Waals surface area contributed by atoms with Crippen molar-refractivity contribution in [2.24, 2.45) is 7.05 Å². The summed E-state index contributed by atoms with van der Waals surface area (Å²) in [7, 11) is 2.03. The molecule has 1 aromatic heterocycles. The minimum atomic E-state index is 0.597. The van der Waals surface area contributed by atoms with Gasteiger partial charge >= 0.3 is 0 Å². The van der Waals surface area contributed by atoms with Gasteiger partial charge in [-0.1, -0.05) is 20.3 Å². The fourth-order valence-electron chi connectivity index (χ4n) is 2.08. The third kappa shape index (κ3) is 3.97. The summed E-state index contributed by atoms with van der Waals surface area (Å²) in [5, 5.41) is 8.01. The Bertz CT molecular complexity index is 304. The van der Waals surface area contributed by atoms with Gasteiger partial charge in [-0.15, -0.1) is 0 Å². The number of rotatable bonds is 7. The van der Waals surface area contributed by atoms with Crippen LogP contribution in [0.5, 0.6) is 0 Å². The quantitative estimate of drug-likeness (QED) is 0.769. The molecule has 0 bridgehead atoms. The van der Waals surface area contributed by atoms with Crippen molar-refractivity contribution in [2.45, 2.75) is 52.5 Å². The van der Waals surface area contributed by atoms with Crippen LogP contribution in [0.25, 0.3) is 0 Å². The number of nitrogens with one attached hydrogen (secondary N) is 1. The first-order valence-corrected chi connectivity index (χ1v) is 6.40. The summed E-state index contributed by atoms with van der Waals surface area (Å²) in [6, 6.07) is 2.79. The van der Waals surface area contributed by atoms with Gasteiger partial charge in [0.05, 0.1) is 5.69 Å². The van der Waals surface area contributed by atoms with Gasteiger partial charge < -0.3 is 5.32 Å². The molecular formula is C13H25N3. The third-order valence-electron chi connectivity index (χ3n) is 2.87. The first-order chi connectivity index (χ1) is 7.67. The Hall–Kier alpha value is -0.830. The van der Waals surface area contributed by atoms with E-state index in [9.17, 15) is 0 Å². The molecule has 1 heterocycles. The Balaban J connectivity index is 2.56. The van der Waals surface area contributed by atoms with Crippen molar-refractivity contribution < 1.29 is 0 Å². The lowest BCUT2D eigenvalue weighted by molar-refractivity contribution is 0.461. The van der Waals surface area contributed by atoms with Crippen LogP contribution in [0.4, 0.5) is 0 Å². The maximum atomic E-state index is 4.39. The summed E-state index contributed by atoms with van der Waals surface area (Å²) < 4.78 is 2.01. The van der Waals surface area contributed by atoms with Crippen molar-refractivity contribution in [1.29, 1.82) is 0 Å². The summed E-state index contributed by atoms with van der Waals surface area (Å²) in [6.45, 7) is 7.62. The summed E-state index contributed by atoms with van der Waals surface area (Å²) in [5.74, 6) is 0. The predicted octanol–water partition coefficient (Wildman–Crippen LogP) is 2.44. The first-order valence-electron chi connectivity index (χ1n) is 6.40. The standard InChI is InChI=1S/C13H25N3/c1-5-7-12(14-8-6-2)10-13-9-11(3)15-16(13)4/h9,12,14H,5-8,10H2,1-4H3. The predicted molar refractivity (Wildman–Crippen MR) is 68.6 cm³/mol. The zero-order valence-electron chi connectivity index (χ0n) is 11.1. The molecule has 0 aliphatic heterocycles. The van der Waals surface area contributed by atoms with Crippen LogP contribution in [-0.2, 0) is 13.5 Å². The van der Waals surface area contributed by atoms with E-state index < -0.39 is 0 Å². The summed E-state index contributed by atoms with van der Waals surface area (Å²) in [6.07, 6.45) is 4.76. The molecule has 16 heavy (non-hydrogen) atoms. The van der Waals surface area contributed by atoms with Gasteiger partial charge in [0.15, 0.2) is 0 Å². The molecular weight excluding hydrogens is 198 g/mol. The van der Waals surface area contributed by atoms with Gasteiger partial charge in [-0.25, -0.2) is 0 Å². The molecule has 1 unspecified atom stereocenters. The maximum absolute atomic E-state index is 4.39. The minimum Gasteiger partial charge on any atom is -0.314 e. The van der Waals surface area contributed by atoms with Crippen molar-refractivity contribution in [2.75, 3.05) is 6.54 Å². The molecule has 1 atom stereocenters. The molecule has 1 aromatic rings. The highest BCUT2D eigenvalue weighted by Crippen LogP contribution is 2.09. The molecule has 0 radical (unpaired) electrons. The number of hydrogen-bond donors (Lipinski definition) is 1. The van der Waals surface area contributed by atoms with E-state index in [1.807, 2.05) is 11.7 Å². The second kappa shape index (κ2) is 6.69. The second-order valence-corrected chi connectivity index (χ2v) is 4.54. The van der Waals surface area contributed by atoms with Crippen molar-refractivity contribution in [1.82, 2.24) is 15.1 Å². The van der Waals surface area contributed by atoms with Gasteiger partial charge in [-0.2, -0.15) is 5.10 Å². The largest absolute Gasteiger partial charge is 0.314 e. The molecule has 1 N–H and O–H groups in total. The third-order valence-corrected chi connectivity index (χ3v) is 2.87. The molecule has 0 spiro atoms. The Morgan fingerprint density at radius 2 is 2.12 bits per heavy atom. The smallest absolute Gasteiger partial charge is 0.0596 e. The fourth-order valence-corrected chi connectivity index (χ4v) is 2.08. The number of aryl methyl sites for hydroxylation is 2. The van der Waals surface area contributed by atoms with E-state index in [1.54, 1.807) is 0 Å². The first kappa shape index (κ1) is 13.2. The normalized spacial score (nSPS) is 13.0. The van der Waals surface area contributed by atoms with Gasteiger partial charge in [0.1, 0.15) is 0 Å². The Labute approximate surface area is 99.2 Å². The fraction of sp³-hybridized carbons (Fsp3) is 0.769. The lowest BCUT2D eigenvalue weighted by Gasteiger charge is -2.17. The maximum Gasteiger partial charge on any atom is 0.0596 e. The molecule has 3 nitrogen and oxygen atoms in total. The van der Waals surface area contributed by atoms with E-state index in [0.717, 1.165) is 18.7 Å². The number of nitrogens with zero attached hydrogens (tertiary/aromatic N) is 2. The molecule has 0 aromatic carbocycles. The van der Waals surface area contributed by atoms with Gasteiger partial charge in [0, 0.05) is 25.2 Å². The molecule has 0 saturated carbocycles. The van der Waals surface area contributed by atoms with Crippen LogP contribution in [0.3, 0.4) is 0 Å². The molecule has 1 rings (SSSR count). The zero-order valence-corrected chi connectivity index (χ0v) is 11.1. The van der Waals surface area contributed by atoms with Crippen LogP contribution in [0.15, 0.2) is 6.07 Å². The van der Waals surface area contributed by atoms with Crippen LogP contribution in [0.1, 0.15) is 44.5 Å². The monoisotopic (exact) mass is 223 g/mol. The molecule has 0 aliphatic rings. The Kier molecular flexibility index (Phi) is 5.53. The molecule has 3 heteroatoms. The molecule has 0 amide bonds. The van der Waals surface area contributed by atoms with E-state index in [2.05, 4.69) is 37.3 Å². The van der Waals surface area contributed by atoms with Crippen LogP contribution < -0.4 is 5.32 Å². The van der Waals surface area contributed by atoms with Crippen molar-refractivity contribution in [3.8, 4) is 0 Å². The Morgan fingerprint density at radius 1 is 1.38 bits per heavy atom. The summed E-state index contributed by atoms with van der Waals surface area (Å²) in [5.41, 5.74) is 2.45. The SMILES string of the molecule is CCCNC(CCC)Cc1cc(C)nn1C. The lowest BCUT2D eigenvalue weighted by atomic mass is 10.1. The van der Waals surface area contributed by atoms with E-state index in [0.29, 0.717) is 6.04 Å². The second-order valence-electron chi connectivity index (χ2n) is 4.54. The van der Waals surface area contributed by atoms with Crippen molar-refractivity contribution >= 4 is 0 Å². The van der Waals surface area contributed by atoms with E-state index in [4.69, 9.17) is 0 Å². The molecule has 0 aliphatic carbocycles. The minimum absolute atomic E-state index is 0.597. The van der Waals surface area contributed by atoms with Crippen LogP contribution >= 0.6 is 0 Å². The van der Waals surface area contributed by atoms with E-state index in [1.165, 1.54) is 25.0 Å². The van der Waals surface area contributed by atoms with E-state index >= 15 is 0 Å². The summed E-state index contributed by atoms with van der Waals surface area (Å²) in [4.78, 5) is 0. The van der Waals surface area contributed by atoms with E-state index in [-0.39, 0.29) is 0 Å². The molecule has 92 valence electrons. The highest BCUT2D eigenvalue weighted by Gasteiger charge is 2.10. The summed E-state index contributed by atoms with van der Waals surface area (Å²) >= 11 is 0. The topological polar surface area (TPSA) is 29.9 Å². The van der Waals surface area contributed by atoms with Gasteiger partial charge in [-0.3, -0.25) is 4.68 Å². The van der Waals surface area contributed by atoms with Gasteiger partial charge in [-0.05, 0) is 32.4 Å². The van der Waals surface area contributed by atoms with Gasteiger partial charge in [0.2, 0.25) is 0 Å². The average molecular weight is 223 g/mol. The molecule has 0 saturated heterocycles. The van der Waals surface area contributed by atoms with Crippen LogP contribution in [-0.4, -0.2) is 22.4 Å². The van der Waals surface area contributed by atoms with Crippen molar-refractivity contribution in [3.63, 3.8) is 0 Å². The highest BCUT2D eigenvalue weighted by atomic mass is 15.3. The lowest BCUT2D eigenvalue weighted by Crippen LogP contribution is -2.32. The van der Waals surface area contributed by atoms with Crippen LogP contribution in [0.2, 0.25) is 0 Å². The Morgan fingerprint density at radius 3 is 2.62 bits per heavy atom. The highest BCUT2D eigenvalue weighted by molar-refractivity contribution is 5.10. The number of aromatic nitrogens is 2. The van der Waals surface area contributed by atoms with Gasteiger partial charge in [0.25, 0.3) is 0 Å².